The van der Waals surface area contributed by atoms with Crippen LogP contribution in [0, 0.1) is 6.92 Å². The Kier molecular flexibility index (Phi) is 4.92. The Morgan fingerprint density at radius 3 is 2.35 bits per heavy atom. The molecule has 1 aliphatic carbocycles. The molecule has 1 aromatic rings. The van der Waals surface area contributed by atoms with E-state index in [1.54, 1.807) is 6.92 Å². The molecule has 0 radical (unpaired) electrons. The SMILES string of the molecule is C.CC(=O)c1ccc(C2CCCCC2)cc1C. The Labute approximate surface area is 105 Å². The van der Waals surface area contributed by atoms with Crippen LogP contribution in [-0.4, -0.2) is 5.78 Å². The summed E-state index contributed by atoms with van der Waals surface area (Å²) in [6, 6.07) is 6.37. The van der Waals surface area contributed by atoms with E-state index in [4.69, 9.17) is 0 Å². The first kappa shape index (κ1) is 14.0. The zero-order valence-electron chi connectivity index (χ0n) is 10.3. The average molecular weight is 232 g/mol. The highest BCUT2D eigenvalue weighted by Gasteiger charge is 2.16. The van der Waals surface area contributed by atoms with Crippen LogP contribution >= 0.6 is 0 Å². The predicted molar refractivity (Wildman–Crippen MR) is 73.7 cm³/mol. The lowest BCUT2D eigenvalue weighted by Crippen LogP contribution is -2.06. The largest absolute Gasteiger partial charge is 0.295 e. The summed E-state index contributed by atoms with van der Waals surface area (Å²) in [5, 5.41) is 0. The summed E-state index contributed by atoms with van der Waals surface area (Å²) in [6.07, 6.45) is 6.75. The molecular weight excluding hydrogens is 208 g/mol. The molecule has 0 aromatic heterocycles. The molecule has 1 aromatic carbocycles. The zero-order valence-corrected chi connectivity index (χ0v) is 10.3. The summed E-state index contributed by atoms with van der Waals surface area (Å²) in [7, 11) is 0. The molecule has 0 bridgehead atoms. The molecule has 0 heterocycles. The smallest absolute Gasteiger partial charge is 0.160 e. The second-order valence-electron chi connectivity index (χ2n) is 4.97. The summed E-state index contributed by atoms with van der Waals surface area (Å²) < 4.78 is 0. The van der Waals surface area contributed by atoms with E-state index in [0.29, 0.717) is 0 Å². The summed E-state index contributed by atoms with van der Waals surface area (Å²) in [4.78, 5) is 11.4. The molecule has 94 valence electrons. The van der Waals surface area contributed by atoms with Gasteiger partial charge in [0.1, 0.15) is 0 Å². The van der Waals surface area contributed by atoms with Gasteiger partial charge in [0.15, 0.2) is 5.78 Å². The Morgan fingerprint density at radius 2 is 1.82 bits per heavy atom. The van der Waals surface area contributed by atoms with Gasteiger partial charge in [0.25, 0.3) is 0 Å². The zero-order chi connectivity index (χ0) is 11.5. The first-order valence-corrected chi connectivity index (χ1v) is 6.30. The summed E-state index contributed by atoms with van der Waals surface area (Å²) >= 11 is 0. The van der Waals surface area contributed by atoms with Crippen LogP contribution in [0.25, 0.3) is 0 Å². The molecule has 0 saturated heterocycles. The molecule has 1 heteroatoms. The number of Topliss-reactive ketones (excluding diaryl/α,β-unsaturated/α-hetero) is 1. The Morgan fingerprint density at radius 1 is 1.18 bits per heavy atom. The second-order valence-corrected chi connectivity index (χ2v) is 4.97. The predicted octanol–water partition coefficient (Wildman–Crippen LogP) is 4.88. The quantitative estimate of drug-likeness (QED) is 0.664. The Balaban J connectivity index is 0.00000144. The van der Waals surface area contributed by atoms with Gasteiger partial charge in [-0.25, -0.2) is 0 Å². The third kappa shape index (κ3) is 3.18. The molecule has 1 aliphatic rings. The lowest BCUT2D eigenvalue weighted by Gasteiger charge is -2.22. The van der Waals surface area contributed by atoms with Crippen LogP contribution < -0.4 is 0 Å². The molecule has 0 unspecified atom stereocenters. The van der Waals surface area contributed by atoms with Crippen molar-refractivity contribution in [3.63, 3.8) is 0 Å². The van der Waals surface area contributed by atoms with Crippen LogP contribution in [0.2, 0.25) is 0 Å². The van der Waals surface area contributed by atoms with Crippen molar-refractivity contribution in [2.75, 3.05) is 0 Å². The lowest BCUT2D eigenvalue weighted by atomic mass is 9.83. The van der Waals surface area contributed by atoms with E-state index in [1.807, 2.05) is 13.0 Å². The molecule has 0 N–H and O–H groups in total. The van der Waals surface area contributed by atoms with Gasteiger partial charge in [0, 0.05) is 5.56 Å². The number of carbonyl (C=O) groups excluding carboxylic acids is 1. The van der Waals surface area contributed by atoms with E-state index in [-0.39, 0.29) is 13.2 Å². The average Bonchev–Trinajstić information content (AvgIpc) is 2.29. The first-order chi connectivity index (χ1) is 7.68. The van der Waals surface area contributed by atoms with Gasteiger partial charge in [-0.05, 0) is 43.7 Å². The molecule has 2 rings (SSSR count). The van der Waals surface area contributed by atoms with E-state index in [2.05, 4.69) is 12.1 Å². The van der Waals surface area contributed by atoms with Crippen molar-refractivity contribution < 1.29 is 4.79 Å². The van der Waals surface area contributed by atoms with Crippen molar-refractivity contribution in [1.29, 1.82) is 0 Å². The topological polar surface area (TPSA) is 17.1 Å². The Bertz CT molecular complexity index is 387. The van der Waals surface area contributed by atoms with Gasteiger partial charge in [-0.2, -0.15) is 0 Å². The second kappa shape index (κ2) is 6.00. The van der Waals surface area contributed by atoms with Gasteiger partial charge < -0.3 is 0 Å². The highest BCUT2D eigenvalue weighted by molar-refractivity contribution is 5.95. The summed E-state index contributed by atoms with van der Waals surface area (Å²) in [6.45, 7) is 3.69. The fourth-order valence-electron chi connectivity index (χ4n) is 2.77. The van der Waals surface area contributed by atoms with E-state index >= 15 is 0 Å². The number of ketones is 1. The van der Waals surface area contributed by atoms with E-state index in [0.717, 1.165) is 17.0 Å². The van der Waals surface area contributed by atoms with Crippen molar-refractivity contribution in [3.05, 3.63) is 34.9 Å². The van der Waals surface area contributed by atoms with Crippen molar-refractivity contribution >= 4 is 5.78 Å². The number of carbonyl (C=O) groups is 1. The minimum Gasteiger partial charge on any atom is -0.295 e. The third-order valence-corrected chi connectivity index (χ3v) is 3.71. The molecule has 0 amide bonds. The van der Waals surface area contributed by atoms with Gasteiger partial charge in [0.2, 0.25) is 0 Å². The molecule has 1 fully saturated rings. The molecule has 1 nitrogen and oxygen atoms in total. The molecule has 0 aliphatic heterocycles. The normalized spacial score (nSPS) is 16.4. The summed E-state index contributed by atoms with van der Waals surface area (Å²) in [5.41, 5.74) is 3.44. The highest BCUT2D eigenvalue weighted by atomic mass is 16.1. The van der Waals surface area contributed by atoms with Crippen molar-refractivity contribution in [1.82, 2.24) is 0 Å². The number of benzene rings is 1. The lowest BCUT2D eigenvalue weighted by molar-refractivity contribution is 0.101. The fourth-order valence-corrected chi connectivity index (χ4v) is 2.77. The van der Waals surface area contributed by atoms with E-state index in [1.165, 1.54) is 37.7 Å². The maximum Gasteiger partial charge on any atom is 0.160 e. The monoisotopic (exact) mass is 232 g/mol. The first-order valence-electron chi connectivity index (χ1n) is 6.30. The maximum absolute atomic E-state index is 11.4. The van der Waals surface area contributed by atoms with Crippen LogP contribution in [0.3, 0.4) is 0 Å². The standard InChI is InChI=1S/C15H20O.CH4/c1-11-10-14(8-9-15(11)12(2)16)13-6-4-3-5-7-13;/h8-10,13H,3-7H2,1-2H3;1H4. The van der Waals surface area contributed by atoms with Crippen LogP contribution in [0.15, 0.2) is 18.2 Å². The summed E-state index contributed by atoms with van der Waals surface area (Å²) in [5.74, 6) is 0.904. The minimum absolute atomic E-state index is 0. The van der Waals surface area contributed by atoms with Crippen molar-refractivity contribution in [2.45, 2.75) is 59.3 Å². The molecule has 0 spiro atoms. The van der Waals surface area contributed by atoms with E-state index in [9.17, 15) is 4.79 Å². The minimum atomic E-state index is 0. The van der Waals surface area contributed by atoms with Gasteiger partial charge in [0.05, 0.1) is 0 Å². The highest BCUT2D eigenvalue weighted by Crippen LogP contribution is 2.33. The van der Waals surface area contributed by atoms with Crippen molar-refractivity contribution in [2.24, 2.45) is 0 Å². The molecular formula is C16H24O. The van der Waals surface area contributed by atoms with Gasteiger partial charge >= 0.3 is 0 Å². The number of hydrogen-bond acceptors (Lipinski definition) is 1. The number of rotatable bonds is 2. The number of aryl methyl sites for hydroxylation is 1. The van der Waals surface area contributed by atoms with Crippen LogP contribution in [0.4, 0.5) is 0 Å². The molecule has 1 saturated carbocycles. The van der Waals surface area contributed by atoms with Crippen molar-refractivity contribution in [3.8, 4) is 0 Å². The van der Waals surface area contributed by atoms with Gasteiger partial charge in [-0.15, -0.1) is 0 Å². The van der Waals surface area contributed by atoms with Crippen LogP contribution in [0.5, 0.6) is 0 Å². The molecule has 17 heavy (non-hydrogen) atoms. The fraction of sp³-hybridized carbons (Fsp3) is 0.562. The van der Waals surface area contributed by atoms with Gasteiger partial charge in [-0.3, -0.25) is 4.79 Å². The maximum atomic E-state index is 11.4. The van der Waals surface area contributed by atoms with Crippen LogP contribution in [-0.2, 0) is 0 Å². The van der Waals surface area contributed by atoms with Gasteiger partial charge in [-0.1, -0.05) is 44.9 Å². The van der Waals surface area contributed by atoms with E-state index < -0.39 is 0 Å². The molecule has 0 atom stereocenters. The third-order valence-electron chi connectivity index (χ3n) is 3.71. The number of hydrogen-bond donors (Lipinski definition) is 0. The van der Waals surface area contributed by atoms with Crippen LogP contribution in [0.1, 0.15) is 73.9 Å². The Hall–Kier alpha value is -1.11.